The molecule has 0 bridgehead atoms. The van der Waals surface area contributed by atoms with Gasteiger partial charge in [0.2, 0.25) is 0 Å². The topological polar surface area (TPSA) is 17.1 Å². The van der Waals surface area contributed by atoms with Gasteiger partial charge in [0.15, 0.2) is 0 Å². The molecule has 0 saturated carbocycles. The molecule has 0 atom stereocenters. The first-order valence-corrected chi connectivity index (χ1v) is 6.32. The zero-order valence-electron chi connectivity index (χ0n) is 9.31. The van der Waals surface area contributed by atoms with E-state index in [1.54, 1.807) is 12.1 Å². The second-order valence-electron chi connectivity index (χ2n) is 3.79. The highest BCUT2D eigenvalue weighted by molar-refractivity contribution is 7.67. The van der Waals surface area contributed by atoms with Crippen molar-refractivity contribution in [2.75, 3.05) is 0 Å². The monoisotopic (exact) mass is 262 g/mol. The first kappa shape index (κ1) is 12.1. The van der Waals surface area contributed by atoms with Crippen molar-refractivity contribution in [2.24, 2.45) is 0 Å². The summed E-state index contributed by atoms with van der Waals surface area (Å²) < 4.78 is 11.2. The normalized spacial score (nSPS) is 10.0. The van der Waals surface area contributed by atoms with Gasteiger partial charge in [-0.3, -0.25) is 0 Å². The van der Waals surface area contributed by atoms with Crippen molar-refractivity contribution in [2.45, 2.75) is 6.92 Å². The standard InChI is InChI=1S/C14H11ClOS/c1-10-2-4-11(5-3-10)14(17-16)12-6-8-13(15)9-7-12/h2-9H,1H3. The molecule has 17 heavy (non-hydrogen) atoms. The van der Waals surface area contributed by atoms with E-state index in [1.165, 1.54) is 5.56 Å². The summed E-state index contributed by atoms with van der Waals surface area (Å²) in [6, 6.07) is 15.2. The van der Waals surface area contributed by atoms with Gasteiger partial charge in [-0.2, -0.15) is 0 Å². The molecule has 0 fully saturated rings. The van der Waals surface area contributed by atoms with Crippen molar-refractivity contribution in [3.8, 4) is 0 Å². The Morgan fingerprint density at radius 3 is 1.88 bits per heavy atom. The molecule has 3 heteroatoms. The molecule has 0 radical (unpaired) electrons. The van der Waals surface area contributed by atoms with E-state index in [2.05, 4.69) is 0 Å². The van der Waals surface area contributed by atoms with Crippen molar-refractivity contribution in [1.29, 1.82) is 0 Å². The quantitative estimate of drug-likeness (QED) is 0.599. The van der Waals surface area contributed by atoms with Gasteiger partial charge in [0.25, 0.3) is 0 Å². The zero-order chi connectivity index (χ0) is 12.3. The minimum Gasteiger partial charge on any atom is -0.212 e. The fourth-order valence-corrected chi connectivity index (χ4v) is 2.16. The van der Waals surface area contributed by atoms with Gasteiger partial charge >= 0.3 is 0 Å². The highest BCUT2D eigenvalue weighted by Crippen LogP contribution is 2.14. The third kappa shape index (κ3) is 2.84. The Morgan fingerprint density at radius 2 is 1.41 bits per heavy atom. The Balaban J connectivity index is 2.44. The molecule has 0 aliphatic carbocycles. The number of hydrogen-bond acceptors (Lipinski definition) is 1. The first-order valence-electron chi connectivity index (χ1n) is 5.20. The number of benzene rings is 2. The highest BCUT2D eigenvalue weighted by atomic mass is 35.5. The fourth-order valence-electron chi connectivity index (χ4n) is 1.57. The predicted molar refractivity (Wildman–Crippen MR) is 74.0 cm³/mol. The van der Waals surface area contributed by atoms with Crippen LogP contribution in [0.1, 0.15) is 16.7 Å². The van der Waals surface area contributed by atoms with E-state index in [-0.39, 0.29) is 0 Å². The Labute approximate surface area is 109 Å². The molecule has 0 aromatic heterocycles. The van der Waals surface area contributed by atoms with Gasteiger partial charge in [0, 0.05) is 5.02 Å². The van der Waals surface area contributed by atoms with E-state index < -0.39 is 0 Å². The van der Waals surface area contributed by atoms with E-state index >= 15 is 0 Å². The Morgan fingerprint density at radius 1 is 0.941 bits per heavy atom. The van der Waals surface area contributed by atoms with E-state index in [0.29, 0.717) is 16.3 Å². The molecule has 0 aliphatic heterocycles. The Bertz CT molecular complexity index is 519. The van der Waals surface area contributed by atoms with Crippen LogP contribution in [0, 0.1) is 6.92 Å². The van der Waals surface area contributed by atoms with Crippen molar-refractivity contribution in [3.63, 3.8) is 0 Å². The second-order valence-corrected chi connectivity index (χ2v) is 4.80. The summed E-state index contributed by atoms with van der Waals surface area (Å²) in [6.45, 7) is 2.02. The maximum atomic E-state index is 11.2. The summed E-state index contributed by atoms with van der Waals surface area (Å²) in [4.78, 5) is 0.724. The fraction of sp³-hybridized carbons (Fsp3) is 0.0714. The molecule has 0 heterocycles. The van der Waals surface area contributed by atoms with Gasteiger partial charge in [-0.25, -0.2) is 4.21 Å². The van der Waals surface area contributed by atoms with Crippen LogP contribution in [0.15, 0.2) is 48.5 Å². The van der Waals surface area contributed by atoms with Gasteiger partial charge in [0.1, 0.15) is 0 Å². The summed E-state index contributed by atoms with van der Waals surface area (Å²) in [5.41, 5.74) is 3.02. The lowest BCUT2D eigenvalue weighted by atomic mass is 10.0. The zero-order valence-corrected chi connectivity index (χ0v) is 10.9. The SMILES string of the molecule is Cc1ccc(C(=S=O)c2ccc(Cl)cc2)cc1. The lowest BCUT2D eigenvalue weighted by Gasteiger charge is -2.04. The van der Waals surface area contributed by atoms with E-state index in [0.717, 1.165) is 16.0 Å². The van der Waals surface area contributed by atoms with Gasteiger partial charge in [0.05, 0.1) is 16.1 Å². The molecule has 0 saturated heterocycles. The van der Waals surface area contributed by atoms with Crippen LogP contribution >= 0.6 is 11.6 Å². The number of hydrogen-bond donors (Lipinski definition) is 0. The Kier molecular flexibility index (Phi) is 3.77. The highest BCUT2D eigenvalue weighted by Gasteiger charge is 2.05. The molecule has 0 amide bonds. The third-order valence-electron chi connectivity index (χ3n) is 2.50. The van der Waals surface area contributed by atoms with Crippen LogP contribution in [0.4, 0.5) is 0 Å². The average molecular weight is 263 g/mol. The molecule has 0 unspecified atom stereocenters. The molecular formula is C14H11ClOS. The van der Waals surface area contributed by atoms with Crippen LogP contribution < -0.4 is 0 Å². The largest absolute Gasteiger partial charge is 0.212 e. The second kappa shape index (κ2) is 5.30. The molecule has 2 aromatic carbocycles. The molecule has 0 N–H and O–H groups in total. The van der Waals surface area contributed by atoms with Crippen molar-refractivity contribution >= 4 is 27.7 Å². The molecular weight excluding hydrogens is 252 g/mol. The smallest absolute Gasteiger partial charge is 0.0978 e. The molecule has 2 rings (SSSR count). The molecule has 2 aromatic rings. The minimum atomic E-state index is 0.511. The maximum absolute atomic E-state index is 11.2. The van der Waals surface area contributed by atoms with Crippen LogP contribution in [-0.4, -0.2) is 9.07 Å². The van der Waals surface area contributed by atoms with Crippen LogP contribution in [0.25, 0.3) is 0 Å². The van der Waals surface area contributed by atoms with Crippen LogP contribution in [-0.2, 0) is 11.3 Å². The van der Waals surface area contributed by atoms with Gasteiger partial charge < -0.3 is 0 Å². The third-order valence-corrected chi connectivity index (χ3v) is 3.39. The van der Waals surface area contributed by atoms with E-state index in [9.17, 15) is 4.21 Å². The lowest BCUT2D eigenvalue weighted by Crippen LogP contribution is -2.02. The minimum absolute atomic E-state index is 0.511. The summed E-state index contributed by atoms with van der Waals surface area (Å²) in [6.07, 6.45) is 0. The van der Waals surface area contributed by atoms with Crippen molar-refractivity contribution in [3.05, 3.63) is 70.2 Å². The van der Waals surface area contributed by atoms with Gasteiger partial charge in [-0.1, -0.05) is 53.6 Å². The first-order chi connectivity index (χ1) is 8.20. The number of halogens is 1. The van der Waals surface area contributed by atoms with Crippen LogP contribution in [0.3, 0.4) is 0 Å². The molecule has 0 spiro atoms. The molecule has 0 aliphatic rings. The summed E-state index contributed by atoms with van der Waals surface area (Å²) >= 11 is 6.34. The summed E-state index contributed by atoms with van der Waals surface area (Å²) in [5, 5.41) is 0.674. The van der Waals surface area contributed by atoms with Crippen LogP contribution in [0.2, 0.25) is 5.02 Å². The van der Waals surface area contributed by atoms with Crippen molar-refractivity contribution in [1.82, 2.24) is 0 Å². The summed E-state index contributed by atoms with van der Waals surface area (Å²) in [7, 11) is 0. The number of aryl methyl sites for hydroxylation is 1. The predicted octanol–water partition coefficient (Wildman–Crippen LogP) is 3.43. The Hall–Kier alpha value is -1.38. The molecule has 1 nitrogen and oxygen atoms in total. The maximum Gasteiger partial charge on any atom is 0.0978 e. The van der Waals surface area contributed by atoms with E-state index in [4.69, 9.17) is 11.6 Å². The van der Waals surface area contributed by atoms with Crippen molar-refractivity contribution < 1.29 is 4.21 Å². The average Bonchev–Trinajstić information content (AvgIpc) is 2.35. The van der Waals surface area contributed by atoms with Gasteiger partial charge in [-0.15, -0.1) is 0 Å². The van der Waals surface area contributed by atoms with Crippen LogP contribution in [0.5, 0.6) is 0 Å². The lowest BCUT2D eigenvalue weighted by molar-refractivity contribution is 0.701. The summed E-state index contributed by atoms with van der Waals surface area (Å²) in [5.74, 6) is 0. The molecule has 86 valence electrons. The van der Waals surface area contributed by atoms with Gasteiger partial charge in [-0.05, 0) is 30.2 Å². The van der Waals surface area contributed by atoms with E-state index in [1.807, 2.05) is 43.3 Å². The number of rotatable bonds is 2.